The van der Waals surface area contributed by atoms with E-state index >= 15 is 0 Å². The van der Waals surface area contributed by atoms with Gasteiger partial charge in [0, 0.05) is 19.7 Å². The quantitative estimate of drug-likeness (QED) is 0.518. The Kier molecular flexibility index (Phi) is 3.31. The van der Waals surface area contributed by atoms with Gasteiger partial charge in [0.2, 0.25) is 0 Å². The molecule has 1 rings (SSSR count). The Bertz CT molecular complexity index is 295. The van der Waals surface area contributed by atoms with Gasteiger partial charge in [-0.25, -0.2) is 0 Å². The first kappa shape index (κ1) is 9.58. The second-order valence-corrected chi connectivity index (χ2v) is 2.83. The molecular weight excluding hydrogens is 164 g/mol. The van der Waals surface area contributed by atoms with Gasteiger partial charge in [-0.1, -0.05) is 12.1 Å². The van der Waals surface area contributed by atoms with Crippen LogP contribution in [0, 0.1) is 0 Å². The van der Waals surface area contributed by atoms with E-state index in [0.717, 1.165) is 11.3 Å². The van der Waals surface area contributed by atoms with Crippen LogP contribution in [-0.2, 0) is 0 Å². The van der Waals surface area contributed by atoms with Crippen molar-refractivity contribution in [1.29, 1.82) is 0 Å². The van der Waals surface area contributed by atoms with Crippen LogP contribution in [0.4, 0.5) is 0 Å². The molecule has 0 aliphatic rings. The molecule has 1 aromatic carbocycles. The molecular formula is C10H14N2O. The van der Waals surface area contributed by atoms with Crippen molar-refractivity contribution in [2.45, 2.75) is 0 Å². The molecule has 0 N–H and O–H groups in total. The third-order valence-electron chi connectivity index (χ3n) is 1.57. The first-order chi connectivity index (χ1) is 6.24. The highest BCUT2D eigenvalue weighted by Gasteiger charge is 1.96. The van der Waals surface area contributed by atoms with Crippen LogP contribution in [0.5, 0.6) is 5.75 Å². The zero-order chi connectivity index (χ0) is 9.68. The average Bonchev–Trinajstić information content (AvgIpc) is 2.15. The fourth-order valence-electron chi connectivity index (χ4n) is 0.951. The van der Waals surface area contributed by atoms with Crippen LogP contribution in [-0.4, -0.2) is 32.4 Å². The van der Waals surface area contributed by atoms with Gasteiger partial charge in [-0.05, 0) is 12.1 Å². The van der Waals surface area contributed by atoms with Crippen LogP contribution in [0.3, 0.4) is 0 Å². The smallest absolute Gasteiger partial charge is 0.127 e. The standard InChI is InChI=1S/C10H14N2O/c1-12(2)11-8-9-6-4-5-7-10(9)13-3/h4-8H,1-3H3. The van der Waals surface area contributed by atoms with Gasteiger partial charge < -0.3 is 9.75 Å². The van der Waals surface area contributed by atoms with Crippen LogP contribution in [0.15, 0.2) is 29.4 Å². The van der Waals surface area contributed by atoms with Gasteiger partial charge in [0.15, 0.2) is 0 Å². The SMILES string of the molecule is COc1ccccc1C=NN(C)C. The van der Waals surface area contributed by atoms with E-state index in [1.54, 1.807) is 18.3 Å². The number of ether oxygens (including phenoxy) is 1. The maximum Gasteiger partial charge on any atom is 0.127 e. The molecule has 13 heavy (non-hydrogen) atoms. The number of methoxy groups -OCH3 is 1. The molecule has 0 bridgehead atoms. The maximum absolute atomic E-state index is 5.17. The summed E-state index contributed by atoms with van der Waals surface area (Å²) >= 11 is 0. The van der Waals surface area contributed by atoms with Gasteiger partial charge in [0.05, 0.1) is 13.3 Å². The van der Waals surface area contributed by atoms with Gasteiger partial charge in [0.25, 0.3) is 0 Å². The minimum atomic E-state index is 0.841. The summed E-state index contributed by atoms with van der Waals surface area (Å²) in [7, 11) is 5.42. The van der Waals surface area contributed by atoms with Crippen molar-refractivity contribution in [2.24, 2.45) is 5.10 Å². The van der Waals surface area contributed by atoms with Crippen LogP contribution >= 0.6 is 0 Å². The zero-order valence-corrected chi connectivity index (χ0v) is 8.19. The highest BCUT2D eigenvalue weighted by molar-refractivity contribution is 5.83. The lowest BCUT2D eigenvalue weighted by Gasteiger charge is -2.05. The Balaban J connectivity index is 2.87. The minimum absolute atomic E-state index is 0.841. The normalized spacial score (nSPS) is 10.4. The number of hydrogen-bond acceptors (Lipinski definition) is 3. The number of hydrogen-bond donors (Lipinski definition) is 0. The molecule has 0 atom stereocenters. The minimum Gasteiger partial charge on any atom is -0.496 e. The Morgan fingerprint density at radius 1 is 1.31 bits per heavy atom. The predicted octanol–water partition coefficient (Wildman–Crippen LogP) is 1.59. The average molecular weight is 178 g/mol. The van der Waals surface area contributed by atoms with Crippen LogP contribution in [0.2, 0.25) is 0 Å². The number of nitrogens with zero attached hydrogens (tertiary/aromatic N) is 2. The third-order valence-corrected chi connectivity index (χ3v) is 1.57. The first-order valence-corrected chi connectivity index (χ1v) is 4.08. The summed E-state index contributed by atoms with van der Waals surface area (Å²) in [5, 5.41) is 5.87. The Morgan fingerprint density at radius 2 is 2.00 bits per heavy atom. The lowest BCUT2D eigenvalue weighted by Crippen LogP contribution is -2.02. The predicted molar refractivity (Wildman–Crippen MR) is 54.3 cm³/mol. The second-order valence-electron chi connectivity index (χ2n) is 2.83. The van der Waals surface area contributed by atoms with Crippen molar-refractivity contribution >= 4 is 6.21 Å². The lowest BCUT2D eigenvalue weighted by atomic mass is 10.2. The first-order valence-electron chi connectivity index (χ1n) is 4.08. The van der Waals surface area contributed by atoms with E-state index < -0.39 is 0 Å². The van der Waals surface area contributed by atoms with E-state index in [1.165, 1.54) is 0 Å². The summed E-state index contributed by atoms with van der Waals surface area (Å²) in [6.07, 6.45) is 1.78. The summed E-state index contributed by atoms with van der Waals surface area (Å²) in [4.78, 5) is 0. The van der Waals surface area contributed by atoms with E-state index in [-0.39, 0.29) is 0 Å². The molecule has 0 radical (unpaired) electrons. The number of rotatable bonds is 3. The van der Waals surface area contributed by atoms with Gasteiger partial charge in [-0.3, -0.25) is 0 Å². The molecule has 0 saturated heterocycles. The van der Waals surface area contributed by atoms with Gasteiger partial charge in [0.1, 0.15) is 5.75 Å². The summed E-state index contributed by atoms with van der Waals surface area (Å²) in [5.41, 5.74) is 0.985. The summed E-state index contributed by atoms with van der Waals surface area (Å²) < 4.78 is 5.17. The topological polar surface area (TPSA) is 24.8 Å². The molecule has 3 nitrogen and oxygen atoms in total. The van der Waals surface area contributed by atoms with E-state index in [4.69, 9.17) is 4.74 Å². The maximum atomic E-state index is 5.17. The van der Waals surface area contributed by atoms with Gasteiger partial charge >= 0.3 is 0 Å². The van der Waals surface area contributed by atoms with Crippen molar-refractivity contribution < 1.29 is 4.74 Å². The number of para-hydroxylation sites is 1. The van der Waals surface area contributed by atoms with Crippen molar-refractivity contribution in [3.63, 3.8) is 0 Å². The fourth-order valence-corrected chi connectivity index (χ4v) is 0.951. The fraction of sp³-hybridized carbons (Fsp3) is 0.300. The summed E-state index contributed by atoms with van der Waals surface area (Å²) in [5.74, 6) is 0.841. The zero-order valence-electron chi connectivity index (χ0n) is 8.19. The second kappa shape index (κ2) is 4.50. The number of hydrazone groups is 1. The molecule has 0 spiro atoms. The molecule has 0 aliphatic carbocycles. The molecule has 0 aliphatic heterocycles. The molecule has 0 amide bonds. The molecule has 0 saturated carbocycles. The molecule has 1 aromatic rings. The van der Waals surface area contributed by atoms with Crippen molar-refractivity contribution in [2.75, 3.05) is 21.2 Å². The molecule has 0 aromatic heterocycles. The van der Waals surface area contributed by atoms with Crippen molar-refractivity contribution in [1.82, 2.24) is 5.01 Å². The van der Waals surface area contributed by atoms with Crippen LogP contribution in [0.25, 0.3) is 0 Å². The highest BCUT2D eigenvalue weighted by atomic mass is 16.5. The van der Waals surface area contributed by atoms with E-state index in [2.05, 4.69) is 5.10 Å². The Hall–Kier alpha value is -1.51. The molecule has 0 fully saturated rings. The summed E-state index contributed by atoms with van der Waals surface area (Å²) in [6.45, 7) is 0. The van der Waals surface area contributed by atoms with Crippen LogP contribution < -0.4 is 4.74 Å². The Morgan fingerprint density at radius 3 is 2.62 bits per heavy atom. The lowest BCUT2D eigenvalue weighted by molar-refractivity contribution is 0.413. The Labute approximate surface area is 78.6 Å². The molecule has 70 valence electrons. The third kappa shape index (κ3) is 2.78. The number of benzene rings is 1. The highest BCUT2D eigenvalue weighted by Crippen LogP contribution is 2.14. The van der Waals surface area contributed by atoms with E-state index in [9.17, 15) is 0 Å². The molecule has 0 heterocycles. The van der Waals surface area contributed by atoms with Crippen molar-refractivity contribution in [3.8, 4) is 5.75 Å². The largest absolute Gasteiger partial charge is 0.496 e. The van der Waals surface area contributed by atoms with Gasteiger partial charge in [-0.15, -0.1) is 0 Å². The van der Waals surface area contributed by atoms with E-state index in [0.29, 0.717) is 0 Å². The molecule has 0 unspecified atom stereocenters. The van der Waals surface area contributed by atoms with E-state index in [1.807, 2.05) is 38.4 Å². The van der Waals surface area contributed by atoms with Crippen LogP contribution in [0.1, 0.15) is 5.56 Å². The summed E-state index contributed by atoms with van der Waals surface area (Å²) in [6, 6.07) is 7.77. The monoisotopic (exact) mass is 178 g/mol. The van der Waals surface area contributed by atoms with Crippen molar-refractivity contribution in [3.05, 3.63) is 29.8 Å². The molecule has 3 heteroatoms. The van der Waals surface area contributed by atoms with Gasteiger partial charge in [-0.2, -0.15) is 5.10 Å².